The zero-order valence-electron chi connectivity index (χ0n) is 11.5. The first kappa shape index (κ1) is 14.0. The van der Waals surface area contributed by atoms with E-state index in [1.54, 1.807) is 0 Å². The zero-order valence-corrected chi connectivity index (χ0v) is 11.5. The van der Waals surface area contributed by atoms with E-state index in [2.05, 4.69) is 33.0 Å². The summed E-state index contributed by atoms with van der Waals surface area (Å²) in [5.41, 5.74) is 0.143. The third-order valence-corrected chi connectivity index (χ3v) is 3.47. The van der Waals surface area contributed by atoms with Gasteiger partial charge < -0.3 is 10.1 Å². The normalized spacial score (nSPS) is 21.6. The molecule has 1 unspecified atom stereocenters. The van der Waals surface area contributed by atoms with Gasteiger partial charge in [0, 0.05) is 6.54 Å². The number of ether oxygens (including phenoxy) is 1. The second-order valence-corrected chi connectivity index (χ2v) is 5.73. The molecule has 1 fully saturated rings. The molecule has 0 saturated heterocycles. The van der Waals surface area contributed by atoms with Crippen LogP contribution in [0.25, 0.3) is 0 Å². The highest BCUT2D eigenvalue weighted by Crippen LogP contribution is 2.34. The largest absolute Gasteiger partial charge is 0.371 e. The van der Waals surface area contributed by atoms with Gasteiger partial charge in [-0.25, -0.2) is 0 Å². The smallest absolute Gasteiger partial charge is 0.0809 e. The van der Waals surface area contributed by atoms with Gasteiger partial charge in [0.1, 0.15) is 0 Å². The van der Waals surface area contributed by atoms with E-state index < -0.39 is 0 Å². The Hall–Kier alpha value is -0.0800. The molecule has 0 aromatic rings. The molecule has 1 N–H and O–H groups in total. The molecular formula is C14H29NO. The van der Waals surface area contributed by atoms with E-state index >= 15 is 0 Å². The van der Waals surface area contributed by atoms with Crippen molar-refractivity contribution in [3.8, 4) is 0 Å². The first-order chi connectivity index (χ1) is 7.58. The molecule has 1 aliphatic rings. The maximum atomic E-state index is 6.35. The SMILES string of the molecule is CCNCC1(OC(C)CC(C)C)CCCC1. The average Bonchev–Trinajstić information content (AvgIpc) is 2.62. The van der Waals surface area contributed by atoms with Gasteiger partial charge in [-0.3, -0.25) is 0 Å². The molecule has 0 aromatic carbocycles. The van der Waals surface area contributed by atoms with Crippen LogP contribution in [0.3, 0.4) is 0 Å². The molecule has 2 heteroatoms. The van der Waals surface area contributed by atoms with Crippen LogP contribution in [0.2, 0.25) is 0 Å². The molecule has 0 bridgehead atoms. The highest BCUT2D eigenvalue weighted by Gasteiger charge is 2.35. The molecule has 2 nitrogen and oxygen atoms in total. The summed E-state index contributed by atoms with van der Waals surface area (Å²) < 4.78 is 6.35. The molecule has 0 aliphatic heterocycles. The average molecular weight is 227 g/mol. The second kappa shape index (κ2) is 6.61. The van der Waals surface area contributed by atoms with Crippen molar-refractivity contribution >= 4 is 0 Å². The first-order valence-corrected chi connectivity index (χ1v) is 6.96. The van der Waals surface area contributed by atoms with Crippen LogP contribution in [0.4, 0.5) is 0 Å². The number of hydrogen-bond acceptors (Lipinski definition) is 2. The zero-order chi connectivity index (χ0) is 12.0. The third-order valence-electron chi connectivity index (χ3n) is 3.47. The lowest BCUT2D eigenvalue weighted by atomic mass is 10.00. The van der Waals surface area contributed by atoms with Crippen LogP contribution >= 0.6 is 0 Å². The van der Waals surface area contributed by atoms with Crippen LogP contribution in [-0.4, -0.2) is 24.8 Å². The Balaban J connectivity index is 2.43. The number of likely N-dealkylation sites (N-methyl/N-ethyl adjacent to an activating group) is 1. The summed E-state index contributed by atoms with van der Waals surface area (Å²) >= 11 is 0. The Labute approximate surface area is 101 Å². The topological polar surface area (TPSA) is 21.3 Å². The van der Waals surface area contributed by atoms with Crippen molar-refractivity contribution in [3.63, 3.8) is 0 Å². The van der Waals surface area contributed by atoms with Crippen LogP contribution in [0.15, 0.2) is 0 Å². The molecule has 1 saturated carbocycles. The van der Waals surface area contributed by atoms with Gasteiger partial charge in [-0.1, -0.05) is 33.6 Å². The monoisotopic (exact) mass is 227 g/mol. The first-order valence-electron chi connectivity index (χ1n) is 6.96. The van der Waals surface area contributed by atoms with Crippen LogP contribution in [0.5, 0.6) is 0 Å². The summed E-state index contributed by atoms with van der Waals surface area (Å²) in [5, 5.41) is 3.46. The van der Waals surface area contributed by atoms with E-state index in [9.17, 15) is 0 Å². The minimum atomic E-state index is 0.143. The van der Waals surface area contributed by atoms with Crippen molar-refractivity contribution in [2.45, 2.75) is 71.5 Å². The fraction of sp³-hybridized carbons (Fsp3) is 1.00. The fourth-order valence-corrected chi connectivity index (χ4v) is 2.85. The molecular weight excluding hydrogens is 198 g/mol. The molecule has 96 valence electrons. The van der Waals surface area contributed by atoms with E-state index in [4.69, 9.17) is 4.74 Å². The molecule has 1 atom stereocenters. The van der Waals surface area contributed by atoms with E-state index in [1.165, 1.54) is 32.1 Å². The Bertz CT molecular complexity index is 185. The van der Waals surface area contributed by atoms with Gasteiger partial charge in [0.2, 0.25) is 0 Å². The summed E-state index contributed by atoms with van der Waals surface area (Å²) in [7, 11) is 0. The summed E-state index contributed by atoms with van der Waals surface area (Å²) in [6.07, 6.45) is 6.72. The molecule has 0 heterocycles. The van der Waals surface area contributed by atoms with E-state index in [0.29, 0.717) is 6.10 Å². The van der Waals surface area contributed by atoms with Gasteiger partial charge in [-0.2, -0.15) is 0 Å². The van der Waals surface area contributed by atoms with Crippen molar-refractivity contribution in [2.24, 2.45) is 5.92 Å². The molecule has 0 spiro atoms. The highest BCUT2D eigenvalue weighted by atomic mass is 16.5. The quantitative estimate of drug-likeness (QED) is 0.720. The molecule has 0 radical (unpaired) electrons. The lowest BCUT2D eigenvalue weighted by Crippen LogP contribution is -2.43. The van der Waals surface area contributed by atoms with Gasteiger partial charge in [0.15, 0.2) is 0 Å². The third kappa shape index (κ3) is 4.42. The Morgan fingerprint density at radius 2 is 1.81 bits per heavy atom. The minimum absolute atomic E-state index is 0.143. The van der Waals surface area contributed by atoms with E-state index in [1.807, 2.05) is 0 Å². The maximum absolute atomic E-state index is 6.35. The number of nitrogens with one attached hydrogen (secondary N) is 1. The van der Waals surface area contributed by atoms with Gasteiger partial charge >= 0.3 is 0 Å². The predicted molar refractivity (Wildman–Crippen MR) is 69.7 cm³/mol. The molecule has 16 heavy (non-hydrogen) atoms. The lowest BCUT2D eigenvalue weighted by Gasteiger charge is -2.33. The Morgan fingerprint density at radius 1 is 1.19 bits per heavy atom. The van der Waals surface area contributed by atoms with Crippen molar-refractivity contribution in [2.75, 3.05) is 13.1 Å². The van der Waals surface area contributed by atoms with E-state index in [-0.39, 0.29) is 5.60 Å². The van der Waals surface area contributed by atoms with Crippen LogP contribution in [0, 0.1) is 5.92 Å². The predicted octanol–water partition coefficient (Wildman–Crippen LogP) is 3.36. The number of hydrogen-bond donors (Lipinski definition) is 1. The lowest BCUT2D eigenvalue weighted by molar-refractivity contribution is -0.0872. The maximum Gasteiger partial charge on any atom is 0.0809 e. The summed E-state index contributed by atoms with van der Waals surface area (Å²) in [5.74, 6) is 0.729. The van der Waals surface area contributed by atoms with E-state index in [0.717, 1.165) is 19.0 Å². The fourth-order valence-electron chi connectivity index (χ4n) is 2.85. The van der Waals surface area contributed by atoms with Crippen molar-refractivity contribution in [1.82, 2.24) is 5.32 Å². The van der Waals surface area contributed by atoms with Gasteiger partial charge in [-0.05, 0) is 38.6 Å². The number of rotatable bonds is 7. The summed E-state index contributed by atoms with van der Waals surface area (Å²) in [4.78, 5) is 0. The van der Waals surface area contributed by atoms with Crippen LogP contribution < -0.4 is 5.32 Å². The summed E-state index contributed by atoms with van der Waals surface area (Å²) in [6, 6.07) is 0. The molecule has 1 rings (SSSR count). The van der Waals surface area contributed by atoms with Crippen LogP contribution in [0.1, 0.15) is 59.8 Å². The Kier molecular flexibility index (Phi) is 5.77. The van der Waals surface area contributed by atoms with Crippen molar-refractivity contribution in [1.29, 1.82) is 0 Å². The summed E-state index contributed by atoms with van der Waals surface area (Å²) in [6.45, 7) is 11.0. The van der Waals surface area contributed by atoms with Gasteiger partial charge in [0.05, 0.1) is 11.7 Å². The van der Waals surface area contributed by atoms with Crippen molar-refractivity contribution in [3.05, 3.63) is 0 Å². The standard InChI is InChI=1S/C14H29NO/c1-5-15-11-14(8-6-7-9-14)16-13(4)10-12(2)3/h12-13,15H,5-11H2,1-4H3. The molecule has 0 amide bonds. The molecule has 0 aromatic heterocycles. The highest BCUT2D eigenvalue weighted by molar-refractivity contribution is 4.89. The van der Waals surface area contributed by atoms with Gasteiger partial charge in [-0.15, -0.1) is 0 Å². The van der Waals surface area contributed by atoms with Crippen molar-refractivity contribution < 1.29 is 4.74 Å². The molecule has 1 aliphatic carbocycles. The Morgan fingerprint density at radius 3 is 2.31 bits per heavy atom. The van der Waals surface area contributed by atoms with Crippen LogP contribution in [-0.2, 0) is 4.74 Å². The second-order valence-electron chi connectivity index (χ2n) is 5.73. The van der Waals surface area contributed by atoms with Gasteiger partial charge in [0.25, 0.3) is 0 Å². The minimum Gasteiger partial charge on any atom is -0.371 e.